The summed E-state index contributed by atoms with van der Waals surface area (Å²) in [5, 5.41) is 0. The molecule has 2 N–H and O–H groups in total. The van der Waals surface area contributed by atoms with Gasteiger partial charge in [0.05, 0.1) is 5.69 Å². The lowest BCUT2D eigenvalue weighted by atomic mass is 10.1. The molecule has 1 heterocycles. The number of rotatable bonds is 2. The van der Waals surface area contributed by atoms with Crippen molar-refractivity contribution in [2.75, 3.05) is 18.8 Å². The van der Waals surface area contributed by atoms with Crippen LogP contribution in [0.3, 0.4) is 0 Å². The van der Waals surface area contributed by atoms with Gasteiger partial charge < -0.3 is 10.6 Å². The number of amides is 1. The summed E-state index contributed by atoms with van der Waals surface area (Å²) in [4.78, 5) is 13.9. The number of hydrogen-bond acceptors (Lipinski definition) is 2. The molecule has 3 nitrogen and oxygen atoms in total. The van der Waals surface area contributed by atoms with Gasteiger partial charge in [0.25, 0.3) is 5.91 Å². The molecule has 17 heavy (non-hydrogen) atoms. The molecule has 0 bridgehead atoms. The van der Waals surface area contributed by atoms with Crippen LogP contribution in [-0.4, -0.2) is 23.9 Å². The first-order chi connectivity index (χ1) is 8.11. The summed E-state index contributed by atoms with van der Waals surface area (Å²) in [6.07, 6.45) is 2.15. The molecule has 1 saturated heterocycles. The van der Waals surface area contributed by atoms with Gasteiger partial charge in [0, 0.05) is 18.7 Å². The number of halogens is 1. The minimum absolute atomic E-state index is 0.0297. The number of hydrogen-bond donors (Lipinski definition) is 1. The molecule has 0 spiro atoms. The molecule has 4 heteroatoms. The normalized spacial score (nSPS) is 19.6. The maximum absolute atomic E-state index is 13.0. The second kappa shape index (κ2) is 4.73. The Morgan fingerprint density at radius 3 is 2.94 bits per heavy atom. The maximum Gasteiger partial charge on any atom is 0.253 e. The van der Waals surface area contributed by atoms with Gasteiger partial charge in [-0.1, -0.05) is 13.3 Å². The quantitative estimate of drug-likeness (QED) is 0.801. The smallest absolute Gasteiger partial charge is 0.253 e. The van der Waals surface area contributed by atoms with E-state index >= 15 is 0 Å². The van der Waals surface area contributed by atoms with E-state index in [-0.39, 0.29) is 11.6 Å². The predicted molar refractivity (Wildman–Crippen MR) is 65.1 cm³/mol. The second-order valence-electron chi connectivity index (χ2n) is 4.55. The van der Waals surface area contributed by atoms with E-state index in [9.17, 15) is 9.18 Å². The molecule has 1 aromatic rings. The average molecular weight is 236 g/mol. The van der Waals surface area contributed by atoms with Crippen LogP contribution in [0.4, 0.5) is 10.1 Å². The van der Waals surface area contributed by atoms with Crippen molar-refractivity contribution in [2.24, 2.45) is 5.92 Å². The van der Waals surface area contributed by atoms with Gasteiger partial charge in [0.15, 0.2) is 0 Å². The number of anilines is 1. The highest BCUT2D eigenvalue weighted by atomic mass is 19.1. The third kappa shape index (κ3) is 2.40. The van der Waals surface area contributed by atoms with Gasteiger partial charge in [-0.15, -0.1) is 0 Å². The van der Waals surface area contributed by atoms with Crippen molar-refractivity contribution in [1.29, 1.82) is 0 Å². The molecule has 0 aromatic heterocycles. The van der Waals surface area contributed by atoms with Crippen molar-refractivity contribution in [3.8, 4) is 0 Å². The molecule has 0 saturated carbocycles. The molecule has 1 atom stereocenters. The maximum atomic E-state index is 13.0. The van der Waals surface area contributed by atoms with Crippen LogP contribution in [0.25, 0.3) is 0 Å². The van der Waals surface area contributed by atoms with Gasteiger partial charge >= 0.3 is 0 Å². The molecule has 2 rings (SSSR count). The molecule has 1 amide bonds. The summed E-state index contributed by atoms with van der Waals surface area (Å²) in [5.74, 6) is 0.0683. The summed E-state index contributed by atoms with van der Waals surface area (Å²) in [7, 11) is 0. The Labute approximate surface area is 100 Å². The van der Waals surface area contributed by atoms with E-state index in [2.05, 4.69) is 6.92 Å². The zero-order valence-corrected chi connectivity index (χ0v) is 9.95. The van der Waals surface area contributed by atoms with Crippen LogP contribution < -0.4 is 5.73 Å². The first-order valence-electron chi connectivity index (χ1n) is 5.96. The van der Waals surface area contributed by atoms with E-state index in [0.717, 1.165) is 25.9 Å². The number of carbonyl (C=O) groups is 1. The molecular formula is C13H17FN2O. The molecule has 1 unspecified atom stereocenters. The van der Waals surface area contributed by atoms with Gasteiger partial charge in [0.1, 0.15) is 5.82 Å². The average Bonchev–Trinajstić information content (AvgIpc) is 2.80. The van der Waals surface area contributed by atoms with Gasteiger partial charge in [0.2, 0.25) is 0 Å². The molecule has 1 aromatic carbocycles. The number of nitrogen functional groups attached to an aromatic ring is 1. The van der Waals surface area contributed by atoms with E-state index in [1.807, 2.05) is 4.90 Å². The van der Waals surface area contributed by atoms with E-state index in [1.165, 1.54) is 18.2 Å². The number of nitrogens with zero attached hydrogens (tertiary/aromatic N) is 1. The van der Waals surface area contributed by atoms with Crippen LogP contribution in [0.1, 0.15) is 30.1 Å². The highest BCUT2D eigenvalue weighted by Gasteiger charge is 2.25. The number of nitrogens with two attached hydrogens (primary N) is 1. The van der Waals surface area contributed by atoms with Gasteiger partial charge in [-0.2, -0.15) is 0 Å². The second-order valence-corrected chi connectivity index (χ2v) is 4.55. The van der Waals surface area contributed by atoms with Crippen LogP contribution in [0.2, 0.25) is 0 Å². The van der Waals surface area contributed by atoms with Crippen LogP contribution >= 0.6 is 0 Å². The van der Waals surface area contributed by atoms with Crippen LogP contribution in [0.5, 0.6) is 0 Å². The summed E-state index contributed by atoms with van der Waals surface area (Å²) >= 11 is 0. The topological polar surface area (TPSA) is 46.3 Å². The number of benzene rings is 1. The summed E-state index contributed by atoms with van der Waals surface area (Å²) < 4.78 is 13.0. The third-order valence-electron chi connectivity index (χ3n) is 3.39. The van der Waals surface area contributed by atoms with E-state index in [1.54, 1.807) is 0 Å². The van der Waals surface area contributed by atoms with E-state index in [0.29, 0.717) is 11.5 Å². The lowest BCUT2D eigenvalue weighted by Crippen LogP contribution is -2.28. The van der Waals surface area contributed by atoms with Crippen LogP contribution in [-0.2, 0) is 0 Å². The van der Waals surface area contributed by atoms with Crippen molar-refractivity contribution in [3.63, 3.8) is 0 Å². The fourth-order valence-corrected chi connectivity index (χ4v) is 2.21. The standard InChI is InChI=1S/C13H17FN2O/c1-2-9-5-6-16(8-9)13(17)10-3-4-11(14)12(15)7-10/h3-4,7,9H,2,5-6,8,15H2,1H3. The zero-order valence-electron chi connectivity index (χ0n) is 9.95. The van der Waals surface area contributed by atoms with E-state index < -0.39 is 5.82 Å². The first-order valence-corrected chi connectivity index (χ1v) is 5.96. The molecule has 1 fully saturated rings. The fourth-order valence-electron chi connectivity index (χ4n) is 2.21. The Kier molecular flexibility index (Phi) is 3.31. The Morgan fingerprint density at radius 2 is 2.35 bits per heavy atom. The first kappa shape index (κ1) is 11.9. The minimum Gasteiger partial charge on any atom is -0.396 e. The van der Waals surface area contributed by atoms with Crippen molar-refractivity contribution < 1.29 is 9.18 Å². The number of carbonyl (C=O) groups excluding carboxylic acids is 1. The highest BCUT2D eigenvalue weighted by molar-refractivity contribution is 5.95. The molecule has 0 aliphatic carbocycles. The molecule has 92 valence electrons. The largest absolute Gasteiger partial charge is 0.396 e. The highest BCUT2D eigenvalue weighted by Crippen LogP contribution is 2.22. The molecular weight excluding hydrogens is 219 g/mol. The Bertz CT molecular complexity index is 433. The number of likely N-dealkylation sites (tertiary alicyclic amines) is 1. The van der Waals surface area contributed by atoms with Crippen molar-refractivity contribution >= 4 is 11.6 Å². The van der Waals surface area contributed by atoms with Gasteiger partial charge in [-0.25, -0.2) is 4.39 Å². The Balaban J connectivity index is 2.12. The van der Waals surface area contributed by atoms with Crippen LogP contribution in [0, 0.1) is 11.7 Å². The summed E-state index contributed by atoms with van der Waals surface area (Å²) in [6, 6.07) is 4.15. The predicted octanol–water partition coefficient (Wildman–Crippen LogP) is 2.28. The summed E-state index contributed by atoms with van der Waals surface area (Å²) in [5.41, 5.74) is 5.97. The third-order valence-corrected chi connectivity index (χ3v) is 3.39. The Hall–Kier alpha value is -1.58. The molecule has 1 aliphatic heterocycles. The lowest BCUT2D eigenvalue weighted by molar-refractivity contribution is 0.0787. The van der Waals surface area contributed by atoms with Crippen molar-refractivity contribution in [2.45, 2.75) is 19.8 Å². The monoisotopic (exact) mass is 236 g/mol. The fraction of sp³-hybridized carbons (Fsp3) is 0.462. The van der Waals surface area contributed by atoms with E-state index in [4.69, 9.17) is 5.73 Å². The SMILES string of the molecule is CCC1CCN(C(=O)c2ccc(F)c(N)c2)C1. The minimum atomic E-state index is -0.477. The molecule has 0 radical (unpaired) electrons. The van der Waals surface area contributed by atoms with Gasteiger partial charge in [-0.05, 0) is 30.5 Å². The summed E-state index contributed by atoms with van der Waals surface area (Å²) in [6.45, 7) is 3.72. The van der Waals surface area contributed by atoms with Crippen molar-refractivity contribution in [1.82, 2.24) is 4.90 Å². The van der Waals surface area contributed by atoms with Crippen LogP contribution in [0.15, 0.2) is 18.2 Å². The Morgan fingerprint density at radius 1 is 1.59 bits per heavy atom. The lowest BCUT2D eigenvalue weighted by Gasteiger charge is -2.16. The zero-order chi connectivity index (χ0) is 12.4. The van der Waals surface area contributed by atoms with Gasteiger partial charge in [-0.3, -0.25) is 4.79 Å². The van der Waals surface area contributed by atoms with Crippen molar-refractivity contribution in [3.05, 3.63) is 29.6 Å². The molecule has 1 aliphatic rings.